The van der Waals surface area contributed by atoms with E-state index < -0.39 is 0 Å². The van der Waals surface area contributed by atoms with Gasteiger partial charge in [-0.3, -0.25) is 0 Å². The molecule has 0 spiro atoms. The van der Waals surface area contributed by atoms with Crippen LogP contribution in [0.5, 0.6) is 0 Å². The Balaban J connectivity index is 0.00000225. The molecule has 0 unspecified atom stereocenters. The van der Waals surface area contributed by atoms with Crippen molar-refractivity contribution in [3.63, 3.8) is 0 Å². The largest absolute Gasteiger partial charge is 0.357 e. The maximum Gasteiger partial charge on any atom is 0.191 e. The van der Waals surface area contributed by atoms with Gasteiger partial charge in [0.1, 0.15) is 0 Å². The number of hydrogen-bond donors (Lipinski definition) is 2. The lowest BCUT2D eigenvalue weighted by Gasteiger charge is -2.08. The van der Waals surface area contributed by atoms with E-state index in [4.69, 9.17) is 0 Å². The quantitative estimate of drug-likeness (QED) is 0.370. The number of halogens is 1. The summed E-state index contributed by atoms with van der Waals surface area (Å²) in [6.45, 7) is 8.03. The second-order valence-corrected chi connectivity index (χ2v) is 3.78. The Kier molecular flexibility index (Phi) is 9.31. The molecule has 0 aromatic carbocycles. The normalized spacial score (nSPS) is 10.4. The molecule has 0 saturated carbocycles. The molecule has 0 aliphatic heterocycles. The molecule has 2 N–H and O–H groups in total. The van der Waals surface area contributed by atoms with E-state index in [0.717, 1.165) is 25.6 Å². The maximum absolute atomic E-state index is 4.45. The molecule has 90 valence electrons. The minimum atomic E-state index is 0. The molecule has 1 aromatic rings. The fourth-order valence-corrected chi connectivity index (χ4v) is 1.72. The first-order valence-electron chi connectivity index (χ1n) is 5.01. The molecule has 0 bridgehead atoms. The molecular weight excluding hydrogens is 333 g/mol. The summed E-state index contributed by atoms with van der Waals surface area (Å²) < 4.78 is 0. The third kappa shape index (κ3) is 6.12. The Morgan fingerprint density at radius 1 is 1.56 bits per heavy atom. The molecule has 16 heavy (non-hydrogen) atoms. The highest BCUT2D eigenvalue weighted by Gasteiger charge is 1.95. The van der Waals surface area contributed by atoms with Crippen molar-refractivity contribution in [3.05, 3.63) is 35.0 Å². The Labute approximate surface area is 118 Å². The van der Waals surface area contributed by atoms with Gasteiger partial charge in [0.2, 0.25) is 0 Å². The molecule has 0 amide bonds. The summed E-state index contributed by atoms with van der Waals surface area (Å²) in [5.74, 6) is 0.837. The van der Waals surface area contributed by atoms with E-state index in [2.05, 4.69) is 46.0 Å². The van der Waals surface area contributed by atoms with Crippen LogP contribution in [0, 0.1) is 0 Å². The molecule has 1 rings (SSSR count). The summed E-state index contributed by atoms with van der Waals surface area (Å²) in [6.07, 6.45) is 1.82. The third-order valence-electron chi connectivity index (χ3n) is 1.76. The van der Waals surface area contributed by atoms with Gasteiger partial charge in [0.05, 0.1) is 6.54 Å². The second-order valence-electron chi connectivity index (χ2n) is 3.00. The van der Waals surface area contributed by atoms with Crippen LogP contribution < -0.4 is 10.6 Å². The second kappa shape index (κ2) is 9.65. The zero-order valence-electron chi connectivity index (χ0n) is 9.40. The summed E-state index contributed by atoms with van der Waals surface area (Å²) in [7, 11) is 0. The average molecular weight is 351 g/mol. The van der Waals surface area contributed by atoms with Crippen molar-refractivity contribution >= 4 is 41.3 Å². The number of thiophene rings is 1. The van der Waals surface area contributed by atoms with Gasteiger partial charge in [-0.2, -0.15) is 11.3 Å². The van der Waals surface area contributed by atoms with Crippen molar-refractivity contribution in [1.82, 2.24) is 10.6 Å². The van der Waals surface area contributed by atoms with Gasteiger partial charge in [-0.15, -0.1) is 30.6 Å². The summed E-state index contributed by atoms with van der Waals surface area (Å²) in [5.41, 5.74) is 1.25. The standard InChI is InChI=1S/C11H17N3S.HI/c1-3-6-13-11(12-4-2)14-8-10-5-7-15-9-10;/h3,5,7,9H,1,4,6,8H2,2H3,(H2,12,13,14);1H. The van der Waals surface area contributed by atoms with E-state index in [-0.39, 0.29) is 24.0 Å². The van der Waals surface area contributed by atoms with Gasteiger partial charge >= 0.3 is 0 Å². The van der Waals surface area contributed by atoms with Crippen LogP contribution in [0.4, 0.5) is 0 Å². The highest BCUT2D eigenvalue weighted by atomic mass is 127. The first-order valence-corrected chi connectivity index (χ1v) is 5.95. The van der Waals surface area contributed by atoms with Gasteiger partial charge in [-0.1, -0.05) is 6.08 Å². The molecule has 1 aromatic heterocycles. The predicted octanol–water partition coefficient (Wildman–Crippen LogP) is 2.61. The number of nitrogens with zero attached hydrogens (tertiary/aromatic N) is 1. The van der Waals surface area contributed by atoms with Gasteiger partial charge in [0, 0.05) is 13.1 Å². The number of rotatable bonds is 5. The molecule has 1 heterocycles. The first-order chi connectivity index (χ1) is 7.36. The lowest BCUT2D eigenvalue weighted by atomic mass is 10.3. The Morgan fingerprint density at radius 2 is 2.38 bits per heavy atom. The molecule has 0 radical (unpaired) electrons. The third-order valence-corrected chi connectivity index (χ3v) is 2.49. The van der Waals surface area contributed by atoms with Crippen LogP contribution in [-0.4, -0.2) is 19.0 Å². The van der Waals surface area contributed by atoms with Gasteiger partial charge in [-0.25, -0.2) is 4.99 Å². The minimum Gasteiger partial charge on any atom is -0.357 e. The smallest absolute Gasteiger partial charge is 0.191 e. The monoisotopic (exact) mass is 351 g/mol. The van der Waals surface area contributed by atoms with Crippen molar-refractivity contribution < 1.29 is 0 Å². The summed E-state index contributed by atoms with van der Waals surface area (Å²) in [4.78, 5) is 4.45. The fraction of sp³-hybridized carbons (Fsp3) is 0.364. The maximum atomic E-state index is 4.45. The Bertz CT molecular complexity index is 309. The molecular formula is C11H18IN3S. The predicted molar refractivity (Wildman–Crippen MR) is 82.7 cm³/mol. The zero-order valence-corrected chi connectivity index (χ0v) is 12.5. The molecule has 0 atom stereocenters. The number of guanidine groups is 1. The van der Waals surface area contributed by atoms with E-state index in [0.29, 0.717) is 0 Å². The van der Waals surface area contributed by atoms with Gasteiger partial charge in [0.15, 0.2) is 5.96 Å². The van der Waals surface area contributed by atoms with E-state index in [1.54, 1.807) is 11.3 Å². The Hall–Kier alpha value is -0.560. The van der Waals surface area contributed by atoms with E-state index in [1.807, 2.05) is 6.08 Å². The number of nitrogens with one attached hydrogen (secondary N) is 2. The van der Waals surface area contributed by atoms with Crippen molar-refractivity contribution in [2.24, 2.45) is 4.99 Å². The summed E-state index contributed by atoms with van der Waals surface area (Å²) in [6, 6.07) is 2.09. The highest BCUT2D eigenvalue weighted by Crippen LogP contribution is 2.06. The summed E-state index contributed by atoms with van der Waals surface area (Å²) in [5, 5.41) is 10.5. The van der Waals surface area contributed by atoms with Gasteiger partial charge < -0.3 is 10.6 Å². The van der Waals surface area contributed by atoms with Crippen LogP contribution >= 0.6 is 35.3 Å². The minimum absolute atomic E-state index is 0. The molecule has 0 fully saturated rings. The van der Waals surface area contributed by atoms with Crippen LogP contribution in [-0.2, 0) is 6.54 Å². The van der Waals surface area contributed by atoms with Crippen molar-refractivity contribution in [2.45, 2.75) is 13.5 Å². The molecule has 0 aliphatic rings. The number of aliphatic imine (C=N–C) groups is 1. The molecule has 5 heteroatoms. The average Bonchev–Trinajstić information content (AvgIpc) is 2.75. The topological polar surface area (TPSA) is 36.4 Å². The van der Waals surface area contributed by atoms with Gasteiger partial charge in [-0.05, 0) is 29.3 Å². The molecule has 3 nitrogen and oxygen atoms in total. The van der Waals surface area contributed by atoms with E-state index in [1.165, 1.54) is 5.56 Å². The van der Waals surface area contributed by atoms with Crippen molar-refractivity contribution in [3.8, 4) is 0 Å². The van der Waals surface area contributed by atoms with Crippen LogP contribution in [0.1, 0.15) is 12.5 Å². The van der Waals surface area contributed by atoms with E-state index in [9.17, 15) is 0 Å². The lowest BCUT2D eigenvalue weighted by Crippen LogP contribution is -2.37. The fourth-order valence-electron chi connectivity index (χ4n) is 1.06. The molecule has 0 saturated heterocycles. The number of hydrogen-bond acceptors (Lipinski definition) is 2. The van der Waals surface area contributed by atoms with Crippen LogP contribution in [0.3, 0.4) is 0 Å². The SMILES string of the molecule is C=CCNC(=NCc1ccsc1)NCC.I. The first kappa shape index (κ1) is 15.4. The lowest BCUT2D eigenvalue weighted by molar-refractivity contribution is 0.861. The van der Waals surface area contributed by atoms with Crippen LogP contribution in [0.25, 0.3) is 0 Å². The van der Waals surface area contributed by atoms with Crippen LogP contribution in [0.2, 0.25) is 0 Å². The van der Waals surface area contributed by atoms with Gasteiger partial charge in [0.25, 0.3) is 0 Å². The zero-order chi connectivity index (χ0) is 10.9. The molecule has 0 aliphatic carbocycles. The van der Waals surface area contributed by atoms with Crippen molar-refractivity contribution in [2.75, 3.05) is 13.1 Å². The summed E-state index contributed by atoms with van der Waals surface area (Å²) >= 11 is 1.70. The van der Waals surface area contributed by atoms with E-state index >= 15 is 0 Å². The highest BCUT2D eigenvalue weighted by molar-refractivity contribution is 14.0. The van der Waals surface area contributed by atoms with Crippen LogP contribution in [0.15, 0.2) is 34.5 Å². The van der Waals surface area contributed by atoms with Crippen molar-refractivity contribution in [1.29, 1.82) is 0 Å². The Morgan fingerprint density at radius 3 is 2.94 bits per heavy atom.